The zero-order chi connectivity index (χ0) is 13.3. The molecule has 0 aliphatic carbocycles. The fraction of sp³-hybridized carbons (Fsp3) is 0.769. The van der Waals surface area contributed by atoms with Gasteiger partial charge >= 0.3 is 0 Å². The summed E-state index contributed by atoms with van der Waals surface area (Å²) >= 11 is 0. The molecule has 1 aliphatic heterocycles. The summed E-state index contributed by atoms with van der Waals surface area (Å²) in [7, 11) is 0. The maximum Gasteiger partial charge on any atom is 0.162 e. The maximum atomic E-state index is 6.11. The molecule has 1 saturated heterocycles. The Kier molecular flexibility index (Phi) is 3.80. The third-order valence-electron chi connectivity index (χ3n) is 3.90. The topological polar surface area (TPSA) is 59.1 Å². The number of aromatic nitrogens is 2. The molecule has 0 bridgehead atoms. The number of anilines is 2. The number of nitrogens with one attached hydrogen (secondary N) is 1. The predicted molar refractivity (Wildman–Crippen MR) is 75.3 cm³/mol. The van der Waals surface area contributed by atoms with Gasteiger partial charge in [0.1, 0.15) is 0 Å². The van der Waals surface area contributed by atoms with E-state index < -0.39 is 0 Å². The van der Waals surface area contributed by atoms with Crippen LogP contribution < -0.4 is 11.2 Å². The first-order valence-electron chi connectivity index (χ1n) is 6.92. The summed E-state index contributed by atoms with van der Waals surface area (Å²) in [5, 5.41) is 6.77. The van der Waals surface area contributed by atoms with Crippen molar-refractivity contribution in [2.75, 3.05) is 11.2 Å². The number of rotatable bonds is 3. The zero-order valence-electron chi connectivity index (χ0n) is 11.9. The monoisotopic (exact) mass is 251 g/mol. The number of hydrogen-bond donors (Lipinski definition) is 2. The molecule has 18 heavy (non-hydrogen) atoms. The molecule has 0 aromatic carbocycles. The molecule has 102 valence electrons. The van der Waals surface area contributed by atoms with Crippen molar-refractivity contribution in [3.05, 3.63) is 5.69 Å². The van der Waals surface area contributed by atoms with Gasteiger partial charge in [0.05, 0.1) is 11.4 Å². The second-order valence-corrected chi connectivity index (χ2v) is 5.31. The van der Waals surface area contributed by atoms with Crippen LogP contribution >= 0.6 is 0 Å². The Morgan fingerprint density at radius 2 is 1.94 bits per heavy atom. The van der Waals surface area contributed by atoms with Crippen LogP contribution in [-0.4, -0.2) is 26.9 Å². The van der Waals surface area contributed by atoms with E-state index in [1.54, 1.807) is 0 Å². The van der Waals surface area contributed by atoms with E-state index in [1.165, 1.54) is 19.3 Å². The number of hydrazine groups is 1. The number of nitrogens with two attached hydrogens (primary N) is 1. The summed E-state index contributed by atoms with van der Waals surface area (Å²) in [5.41, 5.74) is 11.3. The molecule has 0 radical (unpaired) electrons. The highest BCUT2D eigenvalue weighted by Crippen LogP contribution is 2.27. The Balaban J connectivity index is 2.22. The SMILES string of the molecule is CCn1nc(C)c(N)c1NN1C(C)CCCC1C. The minimum Gasteiger partial charge on any atom is -0.394 e. The molecule has 0 amide bonds. The Morgan fingerprint density at radius 1 is 1.33 bits per heavy atom. The van der Waals surface area contributed by atoms with Gasteiger partial charge in [-0.2, -0.15) is 5.10 Å². The Hall–Kier alpha value is -1.23. The molecule has 1 fully saturated rings. The molecule has 1 aliphatic rings. The van der Waals surface area contributed by atoms with Gasteiger partial charge in [-0.15, -0.1) is 0 Å². The highest BCUT2D eigenvalue weighted by molar-refractivity contribution is 5.64. The Bertz CT molecular complexity index is 402. The van der Waals surface area contributed by atoms with E-state index in [-0.39, 0.29) is 0 Å². The molecule has 1 aromatic heterocycles. The van der Waals surface area contributed by atoms with Crippen molar-refractivity contribution in [3.8, 4) is 0 Å². The Morgan fingerprint density at radius 3 is 2.50 bits per heavy atom. The van der Waals surface area contributed by atoms with Crippen LogP contribution in [0.4, 0.5) is 11.5 Å². The molecular formula is C13H25N5. The lowest BCUT2D eigenvalue weighted by atomic mass is 10.00. The number of nitrogen functional groups attached to an aromatic ring is 1. The van der Waals surface area contributed by atoms with Crippen molar-refractivity contribution in [3.63, 3.8) is 0 Å². The molecule has 2 atom stereocenters. The normalized spacial score (nSPS) is 25.3. The molecule has 0 spiro atoms. The van der Waals surface area contributed by atoms with Crippen LogP contribution in [0, 0.1) is 6.92 Å². The highest BCUT2D eigenvalue weighted by Gasteiger charge is 2.26. The minimum atomic E-state index is 0.536. The average Bonchev–Trinajstić information content (AvgIpc) is 2.61. The van der Waals surface area contributed by atoms with E-state index in [0.29, 0.717) is 12.1 Å². The van der Waals surface area contributed by atoms with Gasteiger partial charge in [-0.1, -0.05) is 6.42 Å². The quantitative estimate of drug-likeness (QED) is 0.866. The fourth-order valence-corrected chi connectivity index (χ4v) is 2.71. The van der Waals surface area contributed by atoms with Gasteiger partial charge in [-0.25, -0.2) is 9.69 Å². The number of hydrogen-bond acceptors (Lipinski definition) is 4. The summed E-state index contributed by atoms with van der Waals surface area (Å²) in [4.78, 5) is 0. The van der Waals surface area contributed by atoms with Crippen molar-refractivity contribution >= 4 is 11.5 Å². The van der Waals surface area contributed by atoms with E-state index in [4.69, 9.17) is 5.73 Å². The third-order valence-corrected chi connectivity index (χ3v) is 3.90. The third kappa shape index (κ3) is 2.32. The van der Waals surface area contributed by atoms with E-state index in [1.807, 2.05) is 11.6 Å². The lowest BCUT2D eigenvalue weighted by molar-refractivity contribution is 0.134. The van der Waals surface area contributed by atoms with Gasteiger partial charge in [-0.05, 0) is 40.5 Å². The van der Waals surface area contributed by atoms with Gasteiger partial charge in [0.15, 0.2) is 5.82 Å². The van der Waals surface area contributed by atoms with E-state index in [0.717, 1.165) is 23.7 Å². The van der Waals surface area contributed by atoms with Crippen molar-refractivity contribution in [2.45, 2.75) is 65.6 Å². The highest BCUT2D eigenvalue weighted by atomic mass is 15.6. The summed E-state index contributed by atoms with van der Waals surface area (Å²) in [5.74, 6) is 0.940. The summed E-state index contributed by atoms with van der Waals surface area (Å²) in [6, 6.07) is 1.07. The van der Waals surface area contributed by atoms with Crippen LogP contribution in [0.3, 0.4) is 0 Å². The van der Waals surface area contributed by atoms with Crippen LogP contribution in [0.2, 0.25) is 0 Å². The Labute approximate surface area is 109 Å². The fourth-order valence-electron chi connectivity index (χ4n) is 2.71. The maximum absolute atomic E-state index is 6.11. The van der Waals surface area contributed by atoms with Crippen molar-refractivity contribution in [2.24, 2.45) is 0 Å². The van der Waals surface area contributed by atoms with Crippen molar-refractivity contribution in [1.82, 2.24) is 14.8 Å². The second-order valence-electron chi connectivity index (χ2n) is 5.31. The number of aryl methyl sites for hydroxylation is 2. The first-order valence-corrected chi connectivity index (χ1v) is 6.92. The molecular weight excluding hydrogens is 226 g/mol. The van der Waals surface area contributed by atoms with E-state index in [9.17, 15) is 0 Å². The first-order chi connectivity index (χ1) is 8.54. The molecule has 5 nitrogen and oxygen atoms in total. The predicted octanol–water partition coefficient (Wildman–Crippen LogP) is 2.38. The van der Waals surface area contributed by atoms with Gasteiger partial charge in [-0.3, -0.25) is 0 Å². The smallest absolute Gasteiger partial charge is 0.162 e. The van der Waals surface area contributed by atoms with E-state index in [2.05, 4.69) is 36.3 Å². The van der Waals surface area contributed by atoms with Gasteiger partial charge in [0.2, 0.25) is 0 Å². The van der Waals surface area contributed by atoms with Crippen LogP contribution in [0.15, 0.2) is 0 Å². The van der Waals surface area contributed by atoms with Crippen molar-refractivity contribution in [1.29, 1.82) is 0 Å². The average molecular weight is 251 g/mol. The van der Waals surface area contributed by atoms with Gasteiger partial charge < -0.3 is 11.2 Å². The van der Waals surface area contributed by atoms with E-state index >= 15 is 0 Å². The second kappa shape index (κ2) is 5.18. The summed E-state index contributed by atoms with van der Waals surface area (Å²) in [6.07, 6.45) is 3.77. The largest absolute Gasteiger partial charge is 0.394 e. The summed E-state index contributed by atoms with van der Waals surface area (Å²) in [6.45, 7) is 9.39. The standard InChI is InChI=1S/C13H25N5/c1-5-17-13(12(14)11(4)15-17)16-18-9(2)7-6-8-10(18)3/h9-10,16H,5-8,14H2,1-4H3. The lowest BCUT2D eigenvalue weighted by Crippen LogP contribution is -2.47. The summed E-state index contributed by atoms with van der Waals surface area (Å²) < 4.78 is 1.94. The molecule has 0 saturated carbocycles. The number of nitrogens with zero attached hydrogens (tertiary/aromatic N) is 3. The molecule has 3 N–H and O–H groups in total. The van der Waals surface area contributed by atoms with Crippen molar-refractivity contribution < 1.29 is 0 Å². The molecule has 5 heteroatoms. The molecule has 2 unspecified atom stereocenters. The molecule has 2 heterocycles. The van der Waals surface area contributed by atoms with Gasteiger partial charge in [0.25, 0.3) is 0 Å². The van der Waals surface area contributed by atoms with Gasteiger partial charge in [0, 0.05) is 18.6 Å². The number of piperidine rings is 1. The van der Waals surface area contributed by atoms with Crippen LogP contribution in [-0.2, 0) is 6.54 Å². The minimum absolute atomic E-state index is 0.536. The zero-order valence-corrected chi connectivity index (χ0v) is 11.9. The molecule has 1 aromatic rings. The van der Waals surface area contributed by atoms with Crippen LogP contribution in [0.25, 0.3) is 0 Å². The lowest BCUT2D eigenvalue weighted by Gasteiger charge is -2.39. The van der Waals surface area contributed by atoms with Crippen LogP contribution in [0.1, 0.15) is 45.7 Å². The molecule has 2 rings (SSSR count). The van der Waals surface area contributed by atoms with Crippen LogP contribution in [0.5, 0.6) is 0 Å². The first kappa shape index (κ1) is 13.2.